The largest absolute Gasteiger partial charge is 0.462 e. The molecule has 0 spiro atoms. The first kappa shape index (κ1) is 61.4. The summed E-state index contributed by atoms with van der Waals surface area (Å²) in [5.41, 5.74) is 0. The monoisotopic (exact) mass is 897 g/mol. The van der Waals surface area contributed by atoms with E-state index >= 15 is 0 Å². The van der Waals surface area contributed by atoms with Gasteiger partial charge in [-0.1, -0.05) is 236 Å². The molecule has 0 radical (unpaired) electrons. The third-order valence-corrected chi connectivity index (χ3v) is 12.1. The number of carbonyl (C=O) groups is 3. The first-order chi connectivity index (χ1) is 31.5. The Labute approximate surface area is 397 Å². The quantitative estimate of drug-likeness (QED) is 0.0262. The average molecular weight is 897 g/mol. The molecular formula is C58H104O6. The fraction of sp³-hybridized carbons (Fsp3) is 0.810. The summed E-state index contributed by atoms with van der Waals surface area (Å²) in [6.07, 6.45) is 63.9. The molecule has 0 aliphatic rings. The van der Waals surface area contributed by atoms with E-state index in [2.05, 4.69) is 69.4 Å². The van der Waals surface area contributed by atoms with Crippen LogP contribution in [0, 0.1) is 0 Å². The number of ether oxygens (including phenoxy) is 3. The minimum absolute atomic E-state index is 0.0773. The normalized spacial score (nSPS) is 12.4. The molecule has 0 rings (SSSR count). The van der Waals surface area contributed by atoms with E-state index in [1.165, 1.54) is 161 Å². The molecule has 0 N–H and O–H groups in total. The molecule has 0 aliphatic carbocycles. The lowest BCUT2D eigenvalue weighted by Gasteiger charge is -2.18. The van der Waals surface area contributed by atoms with E-state index in [0.29, 0.717) is 19.3 Å². The number of carbonyl (C=O) groups excluding carboxylic acids is 3. The Morgan fingerprint density at radius 1 is 0.312 bits per heavy atom. The van der Waals surface area contributed by atoms with Crippen LogP contribution in [-0.4, -0.2) is 37.2 Å². The molecule has 0 heterocycles. The van der Waals surface area contributed by atoms with Crippen LogP contribution in [0.4, 0.5) is 0 Å². The van der Waals surface area contributed by atoms with Gasteiger partial charge in [-0.2, -0.15) is 0 Å². The molecule has 64 heavy (non-hydrogen) atoms. The molecule has 372 valence electrons. The second kappa shape index (κ2) is 53.0. The predicted molar refractivity (Wildman–Crippen MR) is 275 cm³/mol. The summed E-state index contributed by atoms with van der Waals surface area (Å²) < 4.78 is 16.8. The number of unbranched alkanes of at least 4 members (excludes halogenated alkanes) is 31. The zero-order valence-electron chi connectivity index (χ0n) is 42.6. The summed E-state index contributed by atoms with van der Waals surface area (Å²) in [6.45, 7) is 6.59. The van der Waals surface area contributed by atoms with Gasteiger partial charge >= 0.3 is 17.9 Å². The molecule has 6 nitrogen and oxygen atoms in total. The molecule has 0 saturated carbocycles. The number of allylic oxidation sites excluding steroid dienone is 8. The molecule has 0 aromatic carbocycles. The zero-order chi connectivity index (χ0) is 46.5. The molecule has 0 aliphatic heterocycles. The van der Waals surface area contributed by atoms with E-state index < -0.39 is 6.10 Å². The number of rotatable bonds is 50. The summed E-state index contributed by atoms with van der Waals surface area (Å²) >= 11 is 0. The smallest absolute Gasteiger partial charge is 0.306 e. The molecule has 0 fully saturated rings. The van der Waals surface area contributed by atoms with Crippen molar-refractivity contribution >= 4 is 17.9 Å². The van der Waals surface area contributed by atoms with Gasteiger partial charge in [-0.3, -0.25) is 14.4 Å². The van der Waals surface area contributed by atoms with Crippen molar-refractivity contribution in [2.24, 2.45) is 0 Å². The van der Waals surface area contributed by atoms with E-state index in [1.54, 1.807) is 0 Å². The van der Waals surface area contributed by atoms with Crippen molar-refractivity contribution in [1.29, 1.82) is 0 Å². The van der Waals surface area contributed by atoms with Gasteiger partial charge in [0.2, 0.25) is 0 Å². The maximum Gasteiger partial charge on any atom is 0.306 e. The summed E-state index contributed by atoms with van der Waals surface area (Å²) in [7, 11) is 0. The molecule has 1 atom stereocenters. The lowest BCUT2D eigenvalue weighted by atomic mass is 10.0. The lowest BCUT2D eigenvalue weighted by Crippen LogP contribution is -2.30. The number of hydrogen-bond acceptors (Lipinski definition) is 6. The molecule has 1 unspecified atom stereocenters. The minimum atomic E-state index is -0.775. The fourth-order valence-electron chi connectivity index (χ4n) is 7.84. The van der Waals surface area contributed by atoms with Crippen molar-refractivity contribution in [1.82, 2.24) is 0 Å². The Kier molecular flexibility index (Phi) is 50.8. The van der Waals surface area contributed by atoms with Crippen LogP contribution in [0.25, 0.3) is 0 Å². The second-order valence-corrected chi connectivity index (χ2v) is 18.5. The maximum atomic E-state index is 12.8. The van der Waals surface area contributed by atoms with Gasteiger partial charge in [-0.05, 0) is 77.0 Å². The molecule has 0 aromatic rings. The van der Waals surface area contributed by atoms with Crippen LogP contribution in [0.2, 0.25) is 0 Å². The Hall–Kier alpha value is -2.63. The molecule has 0 bridgehead atoms. The third-order valence-electron chi connectivity index (χ3n) is 12.1. The van der Waals surface area contributed by atoms with E-state index in [-0.39, 0.29) is 31.1 Å². The van der Waals surface area contributed by atoms with Gasteiger partial charge in [0, 0.05) is 19.3 Å². The van der Waals surface area contributed by atoms with E-state index in [1.807, 2.05) is 0 Å². The van der Waals surface area contributed by atoms with Gasteiger partial charge in [0.25, 0.3) is 0 Å². The number of hydrogen-bond donors (Lipinski definition) is 0. The van der Waals surface area contributed by atoms with Gasteiger partial charge in [0.1, 0.15) is 13.2 Å². The average Bonchev–Trinajstić information content (AvgIpc) is 3.29. The molecule has 0 amide bonds. The summed E-state index contributed by atoms with van der Waals surface area (Å²) in [4.78, 5) is 38.0. The molecule has 0 aromatic heterocycles. The lowest BCUT2D eigenvalue weighted by molar-refractivity contribution is -0.167. The highest BCUT2D eigenvalue weighted by atomic mass is 16.6. The molecule has 6 heteroatoms. The van der Waals surface area contributed by atoms with Gasteiger partial charge in [0.15, 0.2) is 6.10 Å². The highest BCUT2D eigenvalue weighted by Crippen LogP contribution is 2.15. The van der Waals surface area contributed by atoms with E-state index in [9.17, 15) is 14.4 Å². The number of esters is 3. The van der Waals surface area contributed by atoms with Crippen LogP contribution in [-0.2, 0) is 28.6 Å². The standard InChI is InChI=1S/C58H104O6/c1-4-7-10-13-16-19-22-24-25-26-27-28-29-30-31-32-33-34-37-39-42-45-48-51-57(60)63-54-55(53-62-56(59)50-47-44-41-38-35-21-18-15-12-9-6-3)64-58(61)52-49-46-43-40-36-23-20-17-14-11-8-5-2/h15,18,22,24,26-27,29-30,55H,4-14,16-17,19-21,23,25,28,31-54H2,1-3H3/b18-15-,24-22-,27-26-,30-29-. The van der Waals surface area contributed by atoms with Crippen molar-refractivity contribution in [3.8, 4) is 0 Å². The van der Waals surface area contributed by atoms with Crippen molar-refractivity contribution in [3.63, 3.8) is 0 Å². The van der Waals surface area contributed by atoms with Gasteiger partial charge in [-0.25, -0.2) is 0 Å². The zero-order valence-corrected chi connectivity index (χ0v) is 42.6. The maximum absolute atomic E-state index is 12.8. The Morgan fingerprint density at radius 2 is 0.578 bits per heavy atom. The highest BCUT2D eigenvalue weighted by Gasteiger charge is 2.19. The Bertz CT molecular complexity index is 1120. The minimum Gasteiger partial charge on any atom is -0.462 e. The molecule has 0 saturated heterocycles. The topological polar surface area (TPSA) is 78.9 Å². The first-order valence-corrected chi connectivity index (χ1v) is 27.6. The first-order valence-electron chi connectivity index (χ1n) is 27.6. The van der Waals surface area contributed by atoms with E-state index in [4.69, 9.17) is 14.2 Å². The van der Waals surface area contributed by atoms with Gasteiger partial charge < -0.3 is 14.2 Å². The van der Waals surface area contributed by atoms with Crippen LogP contribution in [0.15, 0.2) is 48.6 Å². The van der Waals surface area contributed by atoms with Crippen LogP contribution in [0.3, 0.4) is 0 Å². The van der Waals surface area contributed by atoms with Crippen molar-refractivity contribution in [3.05, 3.63) is 48.6 Å². The summed E-state index contributed by atoms with van der Waals surface area (Å²) in [5.74, 6) is -0.885. The van der Waals surface area contributed by atoms with E-state index in [0.717, 1.165) is 83.5 Å². The summed E-state index contributed by atoms with van der Waals surface area (Å²) in [6, 6.07) is 0. The molecular weight excluding hydrogens is 793 g/mol. The van der Waals surface area contributed by atoms with Crippen LogP contribution >= 0.6 is 0 Å². The predicted octanol–water partition coefficient (Wildman–Crippen LogP) is 18.3. The Morgan fingerprint density at radius 3 is 0.938 bits per heavy atom. The van der Waals surface area contributed by atoms with Gasteiger partial charge in [0.05, 0.1) is 0 Å². The fourth-order valence-corrected chi connectivity index (χ4v) is 7.84. The second-order valence-electron chi connectivity index (χ2n) is 18.5. The van der Waals surface area contributed by atoms with Crippen LogP contribution in [0.5, 0.6) is 0 Å². The highest BCUT2D eigenvalue weighted by molar-refractivity contribution is 5.71. The van der Waals surface area contributed by atoms with Crippen LogP contribution < -0.4 is 0 Å². The van der Waals surface area contributed by atoms with Crippen molar-refractivity contribution < 1.29 is 28.6 Å². The van der Waals surface area contributed by atoms with Crippen molar-refractivity contribution in [2.75, 3.05) is 13.2 Å². The SMILES string of the molecule is CCCC/C=C\CCCCCCCC(=O)OCC(COC(=O)CCCCCCCCCC/C=C\C/C=C\C/C=C\CCCCCCC)OC(=O)CCCCCCCCCCCCCC. The van der Waals surface area contributed by atoms with Crippen LogP contribution in [0.1, 0.15) is 284 Å². The Balaban J connectivity index is 4.27. The van der Waals surface area contributed by atoms with Crippen molar-refractivity contribution in [2.45, 2.75) is 290 Å². The third kappa shape index (κ3) is 50.4. The summed E-state index contributed by atoms with van der Waals surface area (Å²) in [5, 5.41) is 0. The van der Waals surface area contributed by atoms with Gasteiger partial charge in [-0.15, -0.1) is 0 Å².